The molecule has 1 atom stereocenters. The number of nitrogens with one attached hydrogen (secondary N) is 1. The predicted octanol–water partition coefficient (Wildman–Crippen LogP) is 1.39. The fourth-order valence-corrected chi connectivity index (χ4v) is 5.14. The Hall–Kier alpha value is -4.25. The van der Waals surface area contributed by atoms with Crippen LogP contribution in [0.5, 0.6) is 5.88 Å². The first-order valence-corrected chi connectivity index (χ1v) is 14.8. The van der Waals surface area contributed by atoms with E-state index in [1.54, 1.807) is 25.4 Å². The van der Waals surface area contributed by atoms with Crippen molar-refractivity contribution in [2.75, 3.05) is 39.4 Å². The number of esters is 1. The molecule has 2 amide bonds. The van der Waals surface area contributed by atoms with Gasteiger partial charge in [0.25, 0.3) is 5.91 Å². The van der Waals surface area contributed by atoms with Gasteiger partial charge >= 0.3 is 18.1 Å². The molecule has 0 unspecified atom stereocenters. The zero-order chi connectivity index (χ0) is 31.0. The summed E-state index contributed by atoms with van der Waals surface area (Å²) in [5.74, 6) is -2.78. The minimum Gasteiger partial charge on any atom is -0.481 e. The number of hydroxylamine groups is 2. The van der Waals surface area contributed by atoms with Crippen LogP contribution in [0, 0.1) is 0 Å². The van der Waals surface area contributed by atoms with Crippen LogP contribution < -0.4 is 10.1 Å². The summed E-state index contributed by atoms with van der Waals surface area (Å²) in [6, 6.07) is 0.174. The van der Waals surface area contributed by atoms with Crippen molar-refractivity contribution < 1.29 is 48.1 Å². The number of nitrogens with zero attached hydrogens (tertiary/aromatic N) is 5. The molecular weight excluding hydrogens is 588 g/mol. The Balaban J connectivity index is 1.49. The first-order valence-electron chi connectivity index (χ1n) is 13.9. The fourth-order valence-electron chi connectivity index (χ4n) is 4.54. The highest BCUT2D eigenvalue weighted by Gasteiger charge is 2.49. The molecule has 17 heteroatoms. The topological polar surface area (TPSA) is 192 Å². The molecule has 234 valence electrons. The quantitative estimate of drug-likeness (QED) is 0.305. The van der Waals surface area contributed by atoms with Crippen molar-refractivity contribution in [3.8, 4) is 11.0 Å². The van der Waals surface area contributed by atoms with Gasteiger partial charge in [0.2, 0.25) is 22.5 Å². The molecule has 1 saturated carbocycles. The van der Waals surface area contributed by atoms with Gasteiger partial charge in [-0.2, -0.15) is 9.78 Å². The molecule has 2 aliphatic rings. The maximum atomic E-state index is 13.4. The number of hydrogen-bond acceptors (Lipinski definition) is 13. The van der Waals surface area contributed by atoms with E-state index in [1.807, 2.05) is 0 Å². The summed E-state index contributed by atoms with van der Waals surface area (Å²) < 4.78 is 17.4. The Bertz CT molecular complexity index is 1300. The molecule has 16 nitrogen and oxygen atoms in total. The average molecular weight is 623 g/mol. The number of rotatable bonds is 13. The number of aliphatic carboxylic acids is 1. The third-order valence-corrected chi connectivity index (χ3v) is 7.63. The first-order chi connectivity index (χ1) is 20.7. The highest BCUT2D eigenvalue weighted by molar-refractivity contribution is 7.12. The van der Waals surface area contributed by atoms with Crippen molar-refractivity contribution >= 4 is 41.2 Å². The van der Waals surface area contributed by atoms with Gasteiger partial charge in [-0.15, -0.1) is 16.4 Å². The molecule has 0 bridgehead atoms. The SMILES string of the molecule is CCOC(=O)ON1CCN(C(=O)[C@H](CCC(=O)O)NC(=O)c2cc(OC3(C(=O)OCC)CCC3)n(-c3nccs3)n2)CC1. The summed E-state index contributed by atoms with van der Waals surface area (Å²) in [5, 5.41) is 19.7. The Morgan fingerprint density at radius 1 is 1.09 bits per heavy atom. The number of carbonyl (C=O) groups excluding carboxylic acids is 4. The summed E-state index contributed by atoms with van der Waals surface area (Å²) in [6.45, 7) is 4.43. The molecule has 0 aromatic carbocycles. The van der Waals surface area contributed by atoms with Crippen LogP contribution in [0.3, 0.4) is 0 Å². The molecule has 1 aliphatic carbocycles. The maximum absolute atomic E-state index is 13.4. The molecule has 1 aliphatic heterocycles. The number of carbonyl (C=O) groups is 5. The van der Waals surface area contributed by atoms with Crippen molar-refractivity contribution in [2.45, 2.75) is 57.6 Å². The number of ether oxygens (including phenoxy) is 3. The second-order valence-corrected chi connectivity index (χ2v) is 10.6. The first kappa shape index (κ1) is 31.7. The molecule has 4 rings (SSSR count). The van der Waals surface area contributed by atoms with E-state index in [1.165, 1.54) is 32.0 Å². The molecule has 2 fully saturated rings. The van der Waals surface area contributed by atoms with E-state index in [-0.39, 0.29) is 63.8 Å². The summed E-state index contributed by atoms with van der Waals surface area (Å²) in [4.78, 5) is 73.2. The Morgan fingerprint density at radius 2 is 1.81 bits per heavy atom. The number of carboxylic acids is 1. The largest absolute Gasteiger partial charge is 0.527 e. The van der Waals surface area contributed by atoms with Crippen molar-refractivity contribution in [1.29, 1.82) is 0 Å². The lowest BCUT2D eigenvalue weighted by Gasteiger charge is -2.38. The predicted molar refractivity (Wildman–Crippen MR) is 147 cm³/mol. The third-order valence-electron chi connectivity index (χ3n) is 6.88. The number of amides is 2. The monoisotopic (exact) mass is 622 g/mol. The van der Waals surface area contributed by atoms with Gasteiger partial charge in [0.1, 0.15) is 6.04 Å². The van der Waals surface area contributed by atoms with Crippen LogP contribution in [-0.4, -0.2) is 111 Å². The highest BCUT2D eigenvalue weighted by atomic mass is 32.1. The van der Waals surface area contributed by atoms with Crippen molar-refractivity contribution in [3.05, 3.63) is 23.3 Å². The van der Waals surface area contributed by atoms with Crippen LogP contribution in [0.25, 0.3) is 5.13 Å². The van der Waals surface area contributed by atoms with E-state index in [2.05, 4.69) is 15.4 Å². The highest BCUT2D eigenvalue weighted by Crippen LogP contribution is 2.39. The van der Waals surface area contributed by atoms with E-state index in [9.17, 15) is 29.1 Å². The van der Waals surface area contributed by atoms with Gasteiger partial charge in [-0.3, -0.25) is 14.4 Å². The molecule has 3 heterocycles. The van der Waals surface area contributed by atoms with Crippen LogP contribution in [0.15, 0.2) is 17.6 Å². The maximum Gasteiger partial charge on any atom is 0.527 e. The van der Waals surface area contributed by atoms with Crippen molar-refractivity contribution in [1.82, 2.24) is 30.0 Å². The van der Waals surface area contributed by atoms with Gasteiger partial charge in [0.15, 0.2) is 5.69 Å². The van der Waals surface area contributed by atoms with Crippen LogP contribution in [0.4, 0.5) is 4.79 Å². The Morgan fingerprint density at radius 3 is 2.40 bits per heavy atom. The van der Waals surface area contributed by atoms with E-state index in [0.29, 0.717) is 18.0 Å². The molecule has 43 heavy (non-hydrogen) atoms. The molecule has 1 saturated heterocycles. The van der Waals surface area contributed by atoms with Crippen LogP contribution in [0.1, 0.15) is 56.4 Å². The van der Waals surface area contributed by atoms with Crippen molar-refractivity contribution in [3.63, 3.8) is 0 Å². The molecular formula is C26H34N6O10S. The van der Waals surface area contributed by atoms with Crippen LogP contribution in [-0.2, 0) is 28.7 Å². The summed E-state index contributed by atoms with van der Waals surface area (Å²) in [5.41, 5.74) is -1.33. The fraction of sp³-hybridized carbons (Fsp3) is 0.577. The lowest BCUT2D eigenvalue weighted by atomic mass is 9.80. The number of thiazole rings is 1. The van der Waals surface area contributed by atoms with Gasteiger partial charge in [-0.05, 0) is 39.5 Å². The second-order valence-electron chi connectivity index (χ2n) is 9.75. The lowest BCUT2D eigenvalue weighted by molar-refractivity contribution is -0.170. The molecule has 2 N–H and O–H groups in total. The van der Waals surface area contributed by atoms with Crippen LogP contribution in [0.2, 0.25) is 0 Å². The zero-order valence-corrected chi connectivity index (χ0v) is 24.7. The van der Waals surface area contributed by atoms with Gasteiger partial charge in [-0.25, -0.2) is 14.6 Å². The van der Waals surface area contributed by atoms with Crippen molar-refractivity contribution in [2.24, 2.45) is 0 Å². The molecule has 2 aromatic rings. The normalized spacial score (nSPS) is 16.8. The van der Waals surface area contributed by atoms with Gasteiger partial charge in [0.05, 0.1) is 26.3 Å². The number of piperazine rings is 1. The third kappa shape index (κ3) is 7.78. The average Bonchev–Trinajstić information content (AvgIpc) is 3.63. The minimum atomic E-state index is -1.21. The molecule has 0 radical (unpaired) electrons. The minimum absolute atomic E-state index is 0.0963. The number of hydrogen-bond donors (Lipinski definition) is 2. The second kappa shape index (κ2) is 14.3. The summed E-state index contributed by atoms with van der Waals surface area (Å²) in [6.07, 6.45) is 1.79. The van der Waals surface area contributed by atoms with E-state index in [0.717, 1.165) is 6.42 Å². The standard InChI is InChI=1S/C26H34N6O10S/c1-3-39-23(37)26(8-5-9-26)41-19-16-18(29-32(19)24-27-10-15-43-24)21(35)28-17(6-7-20(33)34)22(36)30-11-13-31(14-12-30)42-25(38)40-4-2/h10,15-17H,3-9,11-14H2,1-2H3,(H,28,35)(H,33,34)/t17-/m0/s1. The Labute approximate surface area is 250 Å². The number of carboxylic acid groups (broad SMARTS) is 1. The lowest BCUT2D eigenvalue weighted by Crippen LogP contribution is -2.55. The Kier molecular flexibility index (Phi) is 10.5. The zero-order valence-electron chi connectivity index (χ0n) is 23.9. The van der Waals surface area contributed by atoms with Crippen LogP contribution >= 0.6 is 11.3 Å². The molecule has 2 aromatic heterocycles. The van der Waals surface area contributed by atoms with Gasteiger partial charge in [-0.1, -0.05) is 0 Å². The van der Waals surface area contributed by atoms with Gasteiger partial charge < -0.3 is 34.4 Å². The van der Waals surface area contributed by atoms with E-state index >= 15 is 0 Å². The molecule has 0 spiro atoms. The summed E-state index contributed by atoms with van der Waals surface area (Å²) >= 11 is 1.23. The smallest absolute Gasteiger partial charge is 0.481 e. The summed E-state index contributed by atoms with van der Waals surface area (Å²) in [7, 11) is 0. The van der Waals surface area contributed by atoms with E-state index in [4.69, 9.17) is 19.0 Å². The van der Waals surface area contributed by atoms with Gasteiger partial charge in [0, 0.05) is 37.2 Å². The number of aromatic nitrogens is 3. The van der Waals surface area contributed by atoms with E-state index < -0.39 is 41.6 Å².